The van der Waals surface area contributed by atoms with Crippen molar-refractivity contribution in [2.75, 3.05) is 13.2 Å². The Hall–Kier alpha value is -1.82. The molecule has 0 heterocycles. The Kier molecular flexibility index (Phi) is 12.0. The summed E-state index contributed by atoms with van der Waals surface area (Å²) in [6.07, 6.45) is 1.93. The van der Waals surface area contributed by atoms with E-state index in [0.29, 0.717) is 31.3 Å². The van der Waals surface area contributed by atoms with Crippen LogP contribution in [0.1, 0.15) is 26.7 Å². The number of aliphatic carboxylic acids is 1. The summed E-state index contributed by atoms with van der Waals surface area (Å²) in [6.45, 7) is 6.85. The van der Waals surface area contributed by atoms with Crippen molar-refractivity contribution >= 4 is 11.9 Å². The van der Waals surface area contributed by atoms with Crippen molar-refractivity contribution < 1.29 is 29.6 Å². The van der Waals surface area contributed by atoms with Gasteiger partial charge in [-0.2, -0.15) is 0 Å². The number of aliphatic hydroxyl groups excluding tert-OH is 2. The number of hydrogen-bond acceptors (Lipinski definition) is 5. The van der Waals surface area contributed by atoms with Gasteiger partial charge in [0.25, 0.3) is 0 Å². The molecular weight excluding hydrogens is 240 g/mol. The van der Waals surface area contributed by atoms with Gasteiger partial charge in [-0.15, -0.1) is 0 Å². The minimum Gasteiger partial charge on any atom is -0.515 e. The summed E-state index contributed by atoms with van der Waals surface area (Å²) in [5, 5.41) is 24.3. The SMILES string of the molecule is C=C(C)C(=O)OCCCCO.CC(=CO)C(=O)O. The molecule has 18 heavy (non-hydrogen) atoms. The van der Waals surface area contributed by atoms with E-state index >= 15 is 0 Å². The van der Waals surface area contributed by atoms with Gasteiger partial charge in [-0.3, -0.25) is 0 Å². The molecule has 104 valence electrons. The lowest BCUT2D eigenvalue weighted by atomic mass is 10.3. The number of carboxylic acids is 1. The Balaban J connectivity index is 0. The van der Waals surface area contributed by atoms with E-state index in [1.54, 1.807) is 6.92 Å². The molecule has 0 aromatic heterocycles. The van der Waals surface area contributed by atoms with Crippen LogP contribution < -0.4 is 0 Å². The Morgan fingerprint density at radius 2 is 1.83 bits per heavy atom. The van der Waals surface area contributed by atoms with Crippen LogP contribution in [0.3, 0.4) is 0 Å². The van der Waals surface area contributed by atoms with E-state index in [4.69, 9.17) is 20.1 Å². The molecule has 0 saturated carbocycles. The predicted molar refractivity (Wildman–Crippen MR) is 66.1 cm³/mol. The number of ether oxygens (including phenoxy) is 1. The van der Waals surface area contributed by atoms with Crippen molar-refractivity contribution in [3.8, 4) is 0 Å². The Morgan fingerprint density at radius 3 is 2.11 bits per heavy atom. The third kappa shape index (κ3) is 12.3. The van der Waals surface area contributed by atoms with Gasteiger partial charge in [-0.25, -0.2) is 9.59 Å². The molecule has 3 N–H and O–H groups in total. The fourth-order valence-electron chi connectivity index (χ4n) is 0.557. The van der Waals surface area contributed by atoms with Crippen LogP contribution in [-0.4, -0.2) is 40.5 Å². The van der Waals surface area contributed by atoms with E-state index < -0.39 is 5.97 Å². The van der Waals surface area contributed by atoms with Crippen LogP contribution in [0, 0.1) is 0 Å². The minimum absolute atomic E-state index is 0.0556. The molecule has 6 heteroatoms. The lowest BCUT2D eigenvalue weighted by Gasteiger charge is -2.01. The average Bonchev–Trinajstić information content (AvgIpc) is 2.33. The first-order valence-corrected chi connectivity index (χ1v) is 5.34. The first kappa shape index (κ1) is 18.5. The van der Waals surface area contributed by atoms with Crippen molar-refractivity contribution in [3.05, 3.63) is 24.0 Å². The smallest absolute Gasteiger partial charge is 0.334 e. The highest BCUT2D eigenvalue weighted by Crippen LogP contribution is 1.94. The Labute approximate surface area is 106 Å². The van der Waals surface area contributed by atoms with Crippen LogP contribution in [0.4, 0.5) is 0 Å². The topological polar surface area (TPSA) is 104 Å². The molecule has 0 aromatic rings. The highest BCUT2D eigenvalue weighted by molar-refractivity contribution is 5.86. The number of carboxylic acid groups (broad SMARTS) is 1. The quantitative estimate of drug-likeness (QED) is 0.289. The molecular formula is C12H20O6. The van der Waals surface area contributed by atoms with Crippen LogP contribution in [-0.2, 0) is 14.3 Å². The largest absolute Gasteiger partial charge is 0.515 e. The average molecular weight is 260 g/mol. The zero-order valence-electron chi connectivity index (χ0n) is 10.7. The Bertz CT molecular complexity index is 306. The molecule has 0 aliphatic carbocycles. The van der Waals surface area contributed by atoms with Gasteiger partial charge >= 0.3 is 11.9 Å². The predicted octanol–water partition coefficient (Wildman–Crippen LogP) is 1.41. The highest BCUT2D eigenvalue weighted by Gasteiger charge is 2.00. The second-order valence-corrected chi connectivity index (χ2v) is 3.46. The maximum Gasteiger partial charge on any atom is 0.334 e. The first-order valence-electron chi connectivity index (χ1n) is 5.34. The maximum absolute atomic E-state index is 10.7. The van der Waals surface area contributed by atoms with Crippen LogP contribution in [0.2, 0.25) is 0 Å². The minimum atomic E-state index is -1.09. The molecule has 0 fully saturated rings. The monoisotopic (exact) mass is 260 g/mol. The molecule has 0 aliphatic rings. The molecule has 0 atom stereocenters. The summed E-state index contributed by atoms with van der Waals surface area (Å²) in [7, 11) is 0. The van der Waals surface area contributed by atoms with E-state index in [2.05, 4.69) is 6.58 Å². The lowest BCUT2D eigenvalue weighted by molar-refractivity contribution is -0.139. The standard InChI is InChI=1S/C8H14O3.C4H6O3/c1-7(2)8(10)11-6-4-3-5-9;1-3(2-5)4(6)7/h9H,1,3-6H2,2H3;2,5H,1H3,(H,6,7). The molecule has 0 radical (unpaired) electrons. The third-order valence-corrected chi connectivity index (χ3v) is 1.67. The number of aliphatic hydroxyl groups is 2. The van der Waals surface area contributed by atoms with Gasteiger partial charge in [0.2, 0.25) is 0 Å². The molecule has 0 bridgehead atoms. The van der Waals surface area contributed by atoms with Gasteiger partial charge in [0, 0.05) is 12.2 Å². The molecule has 0 aliphatic heterocycles. The molecule has 0 spiro atoms. The normalized spacial score (nSPS) is 10.1. The van der Waals surface area contributed by atoms with Gasteiger partial charge in [0.05, 0.1) is 18.4 Å². The second-order valence-electron chi connectivity index (χ2n) is 3.46. The van der Waals surface area contributed by atoms with Crippen molar-refractivity contribution in [3.63, 3.8) is 0 Å². The molecule has 0 rings (SSSR count). The summed E-state index contributed by atoms with van der Waals surface area (Å²) < 4.78 is 4.76. The Morgan fingerprint density at radius 1 is 1.28 bits per heavy atom. The zero-order valence-corrected chi connectivity index (χ0v) is 10.7. The van der Waals surface area contributed by atoms with Crippen molar-refractivity contribution in [1.29, 1.82) is 0 Å². The third-order valence-electron chi connectivity index (χ3n) is 1.67. The number of esters is 1. The first-order chi connectivity index (χ1) is 8.36. The molecule has 0 saturated heterocycles. The van der Waals surface area contributed by atoms with Crippen molar-refractivity contribution in [1.82, 2.24) is 0 Å². The molecule has 6 nitrogen and oxygen atoms in total. The summed E-state index contributed by atoms with van der Waals surface area (Å²) >= 11 is 0. The molecule has 0 amide bonds. The second kappa shape index (κ2) is 11.7. The van der Waals surface area contributed by atoms with Gasteiger partial charge in [0.1, 0.15) is 0 Å². The van der Waals surface area contributed by atoms with Gasteiger partial charge in [-0.1, -0.05) is 6.58 Å². The summed E-state index contributed by atoms with van der Waals surface area (Å²) in [4.78, 5) is 20.4. The number of rotatable bonds is 6. The zero-order chi connectivity index (χ0) is 14.6. The van der Waals surface area contributed by atoms with Crippen LogP contribution in [0.15, 0.2) is 24.0 Å². The highest BCUT2D eigenvalue weighted by atomic mass is 16.5. The summed E-state index contributed by atoms with van der Waals surface area (Å²) in [5.41, 5.74) is 0.356. The maximum atomic E-state index is 10.7. The van der Waals surface area contributed by atoms with E-state index in [-0.39, 0.29) is 18.1 Å². The molecule has 0 unspecified atom stereocenters. The lowest BCUT2D eigenvalue weighted by Crippen LogP contribution is -2.06. The van der Waals surface area contributed by atoms with Gasteiger partial charge < -0.3 is 20.1 Å². The number of hydrogen-bond donors (Lipinski definition) is 3. The number of unbranched alkanes of at least 4 members (excludes halogenated alkanes) is 1. The fraction of sp³-hybridized carbons (Fsp3) is 0.500. The fourth-order valence-corrected chi connectivity index (χ4v) is 0.557. The van der Waals surface area contributed by atoms with Gasteiger partial charge in [0.15, 0.2) is 0 Å². The van der Waals surface area contributed by atoms with Crippen LogP contribution in [0.25, 0.3) is 0 Å². The van der Waals surface area contributed by atoms with E-state index in [1.165, 1.54) is 6.92 Å². The number of carbonyl (C=O) groups is 2. The van der Waals surface area contributed by atoms with Crippen molar-refractivity contribution in [2.45, 2.75) is 26.7 Å². The summed E-state index contributed by atoms with van der Waals surface area (Å²) in [6, 6.07) is 0. The molecule has 0 aromatic carbocycles. The van der Waals surface area contributed by atoms with Gasteiger partial charge in [-0.05, 0) is 26.7 Å². The van der Waals surface area contributed by atoms with E-state index in [0.717, 1.165) is 0 Å². The van der Waals surface area contributed by atoms with Crippen LogP contribution in [0.5, 0.6) is 0 Å². The number of carbonyl (C=O) groups excluding carboxylic acids is 1. The summed E-state index contributed by atoms with van der Waals surface area (Å²) in [5.74, 6) is -1.45. The van der Waals surface area contributed by atoms with Crippen molar-refractivity contribution in [2.24, 2.45) is 0 Å². The van der Waals surface area contributed by atoms with E-state index in [1.807, 2.05) is 0 Å². The van der Waals surface area contributed by atoms with E-state index in [9.17, 15) is 9.59 Å². The van der Waals surface area contributed by atoms with Crippen LogP contribution >= 0.6 is 0 Å².